The number of hydrogen-bond donors (Lipinski definition) is 1. The van der Waals surface area contributed by atoms with Crippen LogP contribution in [-0.4, -0.2) is 27.7 Å². The molecule has 0 amide bonds. The molecule has 1 N–H and O–H groups in total. The van der Waals surface area contributed by atoms with Gasteiger partial charge in [-0.1, -0.05) is 36.9 Å². The van der Waals surface area contributed by atoms with Gasteiger partial charge in [-0.3, -0.25) is 13.9 Å². The summed E-state index contributed by atoms with van der Waals surface area (Å²) in [4.78, 5) is 49.4. The number of allylic oxidation sites excluding steroid dienone is 1. The van der Waals surface area contributed by atoms with E-state index < -0.39 is 29.1 Å². The van der Waals surface area contributed by atoms with Gasteiger partial charge in [0, 0.05) is 19.8 Å². The van der Waals surface area contributed by atoms with Crippen LogP contribution in [0.4, 0.5) is 5.82 Å². The lowest BCUT2D eigenvalue weighted by Crippen LogP contribution is -2.43. The lowest BCUT2D eigenvalue weighted by atomic mass is 9.82. The summed E-state index contributed by atoms with van der Waals surface area (Å²) in [5, 5.41) is 14.1. The lowest BCUT2D eigenvalue weighted by molar-refractivity contribution is -0.255. The van der Waals surface area contributed by atoms with E-state index in [0.29, 0.717) is 11.3 Å². The molecule has 1 aliphatic heterocycles. The molecule has 0 radical (unpaired) electrons. The van der Waals surface area contributed by atoms with Crippen LogP contribution in [0.1, 0.15) is 34.3 Å². The van der Waals surface area contributed by atoms with Gasteiger partial charge in [-0.2, -0.15) is 0 Å². The van der Waals surface area contributed by atoms with Gasteiger partial charge in [-0.25, -0.2) is 9.59 Å². The molecule has 9 heteroatoms. The van der Waals surface area contributed by atoms with Crippen LogP contribution < -0.4 is 21.7 Å². The third kappa shape index (κ3) is 3.34. The van der Waals surface area contributed by atoms with Gasteiger partial charge in [0.2, 0.25) is 0 Å². The number of anilines is 1. The average molecular weight is 410 g/mol. The molecule has 1 aromatic heterocycles. The molecule has 0 spiro atoms. The van der Waals surface area contributed by atoms with Crippen molar-refractivity contribution in [2.24, 2.45) is 14.1 Å². The number of benzene rings is 1. The topological polar surface area (TPSA) is 122 Å². The van der Waals surface area contributed by atoms with Gasteiger partial charge in [0.15, 0.2) is 0 Å². The number of rotatable bonds is 5. The van der Waals surface area contributed by atoms with Gasteiger partial charge >= 0.3 is 11.7 Å². The second-order valence-corrected chi connectivity index (χ2v) is 6.86. The molecule has 0 saturated heterocycles. The Balaban J connectivity index is 2.31. The van der Waals surface area contributed by atoms with Crippen LogP contribution in [0.2, 0.25) is 0 Å². The normalized spacial score (nSPS) is 15.2. The van der Waals surface area contributed by atoms with E-state index in [2.05, 4.69) is 11.9 Å². The van der Waals surface area contributed by atoms with Crippen molar-refractivity contribution in [3.8, 4) is 0 Å². The Morgan fingerprint density at radius 3 is 2.40 bits per heavy atom. The highest BCUT2D eigenvalue weighted by atomic mass is 16.5. The number of carbonyl (C=O) groups excluding carboxylic acids is 2. The highest BCUT2D eigenvalue weighted by Crippen LogP contribution is 2.39. The fourth-order valence-corrected chi connectivity index (χ4v) is 3.52. The highest BCUT2D eigenvalue weighted by Gasteiger charge is 2.37. The minimum atomic E-state index is -1.34. The highest BCUT2D eigenvalue weighted by molar-refractivity contribution is 5.94. The molecule has 9 nitrogen and oxygen atoms in total. The maximum atomic E-state index is 13.0. The molecule has 1 atom stereocenters. The number of carboxylic acid groups (broad SMARTS) is 1. The third-order valence-electron chi connectivity index (χ3n) is 5.02. The van der Waals surface area contributed by atoms with Crippen molar-refractivity contribution >= 4 is 17.8 Å². The fraction of sp³-hybridized carbons (Fsp3) is 0.238. The zero-order valence-corrected chi connectivity index (χ0v) is 16.7. The van der Waals surface area contributed by atoms with E-state index in [1.807, 2.05) is 0 Å². The molecule has 156 valence electrons. The van der Waals surface area contributed by atoms with Crippen molar-refractivity contribution in [1.29, 1.82) is 0 Å². The van der Waals surface area contributed by atoms with Gasteiger partial charge in [0.1, 0.15) is 12.4 Å². The Kier molecular flexibility index (Phi) is 5.46. The van der Waals surface area contributed by atoms with Crippen molar-refractivity contribution in [3.63, 3.8) is 0 Å². The first-order valence-corrected chi connectivity index (χ1v) is 9.06. The van der Waals surface area contributed by atoms with E-state index in [0.717, 1.165) is 4.57 Å². The summed E-state index contributed by atoms with van der Waals surface area (Å²) in [7, 11) is 2.86. The summed E-state index contributed by atoms with van der Waals surface area (Å²) in [6.45, 7) is 5.13. The summed E-state index contributed by atoms with van der Waals surface area (Å²) in [6, 6.07) is 5.68. The quantitative estimate of drug-likeness (QED) is 0.544. The third-order valence-corrected chi connectivity index (χ3v) is 5.02. The Morgan fingerprint density at radius 1 is 1.20 bits per heavy atom. The van der Waals surface area contributed by atoms with Crippen LogP contribution in [0.3, 0.4) is 0 Å². The molecule has 30 heavy (non-hydrogen) atoms. The van der Waals surface area contributed by atoms with Crippen LogP contribution in [0, 0.1) is 0 Å². The number of ether oxygens (including phenoxy) is 1. The van der Waals surface area contributed by atoms with Gasteiger partial charge < -0.3 is 20.0 Å². The summed E-state index contributed by atoms with van der Waals surface area (Å²) in [5.41, 5.74) is 0.118. The van der Waals surface area contributed by atoms with Crippen molar-refractivity contribution < 1.29 is 19.4 Å². The summed E-state index contributed by atoms with van der Waals surface area (Å²) < 4.78 is 7.46. The number of carbonyl (C=O) groups is 2. The summed E-state index contributed by atoms with van der Waals surface area (Å²) >= 11 is 0. The Morgan fingerprint density at radius 2 is 1.83 bits per heavy atom. The van der Waals surface area contributed by atoms with E-state index in [-0.39, 0.29) is 29.1 Å². The van der Waals surface area contributed by atoms with Gasteiger partial charge in [0.25, 0.3) is 5.56 Å². The second kappa shape index (κ2) is 7.86. The van der Waals surface area contributed by atoms with Crippen LogP contribution >= 0.6 is 0 Å². The minimum absolute atomic E-state index is 0.0237. The van der Waals surface area contributed by atoms with Crippen molar-refractivity contribution in [3.05, 3.63) is 85.7 Å². The molecule has 0 bridgehead atoms. The first-order valence-electron chi connectivity index (χ1n) is 9.06. The Bertz CT molecular complexity index is 1200. The Labute approximate surface area is 171 Å². The number of nitrogens with zero attached hydrogens (tertiary/aromatic N) is 2. The van der Waals surface area contributed by atoms with Crippen LogP contribution in [0.5, 0.6) is 0 Å². The number of carboxylic acids is 1. The van der Waals surface area contributed by atoms with Gasteiger partial charge in [-0.05, 0) is 18.1 Å². The second-order valence-electron chi connectivity index (χ2n) is 6.86. The smallest absolute Gasteiger partial charge is 0.337 e. The minimum Gasteiger partial charge on any atom is -0.545 e. The molecular weight excluding hydrogens is 390 g/mol. The molecule has 0 unspecified atom stereocenters. The predicted octanol–water partition coefficient (Wildman–Crippen LogP) is 0.00810. The number of hydrogen-bond acceptors (Lipinski definition) is 7. The number of fused-ring (bicyclic) bond motifs is 1. The SMILES string of the molecule is C=CCOC(=O)C1=C(C)Nc2c(c(=O)n(C)c(=O)n2C)[C@H]1c1ccc(C(=O)[O-])cc1. The number of esters is 1. The molecule has 3 rings (SSSR count). The van der Waals surface area contributed by atoms with Crippen molar-refractivity contribution in [1.82, 2.24) is 9.13 Å². The molecule has 0 saturated carbocycles. The first kappa shape index (κ1) is 20.8. The van der Waals surface area contributed by atoms with Crippen LogP contribution in [0.25, 0.3) is 0 Å². The molecule has 0 aliphatic carbocycles. The first-order chi connectivity index (χ1) is 14.2. The standard InChI is InChI=1S/C21H21N3O6/c1-5-10-30-20(28)14-11(2)22-17-16(18(25)24(4)21(29)23(17)3)15(14)12-6-8-13(9-7-12)19(26)27/h5-9,15,22H,1,10H2,2-4H3,(H,26,27)/p-1/t15-/m0/s1. The lowest BCUT2D eigenvalue weighted by Gasteiger charge is -2.30. The number of aromatic nitrogens is 2. The molecular formula is C21H20N3O6-. The van der Waals surface area contributed by atoms with E-state index in [4.69, 9.17) is 4.74 Å². The number of nitrogens with one attached hydrogen (secondary N) is 1. The monoisotopic (exact) mass is 410 g/mol. The van der Waals surface area contributed by atoms with E-state index >= 15 is 0 Å². The zero-order chi connectivity index (χ0) is 22.2. The maximum absolute atomic E-state index is 13.0. The predicted molar refractivity (Wildman–Crippen MR) is 107 cm³/mol. The number of aromatic carboxylic acids is 1. The molecule has 1 aromatic carbocycles. The molecule has 2 heterocycles. The Hall–Kier alpha value is -3.88. The molecule has 1 aliphatic rings. The van der Waals surface area contributed by atoms with Crippen molar-refractivity contribution in [2.75, 3.05) is 11.9 Å². The van der Waals surface area contributed by atoms with Crippen LogP contribution in [-0.2, 0) is 23.6 Å². The zero-order valence-electron chi connectivity index (χ0n) is 16.7. The molecule has 2 aromatic rings. The summed E-state index contributed by atoms with van der Waals surface area (Å²) in [5.74, 6) is -2.62. The van der Waals surface area contributed by atoms with Crippen molar-refractivity contribution in [2.45, 2.75) is 12.8 Å². The van der Waals surface area contributed by atoms with Gasteiger partial charge in [0.05, 0.1) is 23.0 Å². The maximum Gasteiger partial charge on any atom is 0.337 e. The summed E-state index contributed by atoms with van der Waals surface area (Å²) in [6.07, 6.45) is 1.42. The average Bonchev–Trinajstić information content (AvgIpc) is 2.73. The van der Waals surface area contributed by atoms with E-state index in [1.165, 1.54) is 49.0 Å². The van der Waals surface area contributed by atoms with E-state index in [1.54, 1.807) is 6.92 Å². The van der Waals surface area contributed by atoms with E-state index in [9.17, 15) is 24.3 Å². The fourth-order valence-electron chi connectivity index (χ4n) is 3.52. The van der Waals surface area contributed by atoms with Gasteiger partial charge in [-0.15, -0.1) is 0 Å². The van der Waals surface area contributed by atoms with Crippen LogP contribution in [0.15, 0.2) is 57.8 Å². The molecule has 0 fully saturated rings. The largest absolute Gasteiger partial charge is 0.545 e.